The highest BCUT2D eigenvalue weighted by Gasteiger charge is 2.23. The van der Waals surface area contributed by atoms with Crippen LogP contribution in [0.1, 0.15) is 36.3 Å². The lowest BCUT2D eigenvalue weighted by Crippen LogP contribution is -2.36. The average Bonchev–Trinajstić information content (AvgIpc) is 3.16. The van der Waals surface area contributed by atoms with Crippen LogP contribution in [0.2, 0.25) is 0 Å². The second-order valence-corrected chi connectivity index (χ2v) is 5.81. The molecule has 0 spiro atoms. The van der Waals surface area contributed by atoms with E-state index < -0.39 is 0 Å². The van der Waals surface area contributed by atoms with Gasteiger partial charge in [0.25, 0.3) is 0 Å². The molecule has 1 fully saturated rings. The van der Waals surface area contributed by atoms with Crippen molar-refractivity contribution in [3.05, 3.63) is 35.4 Å². The molecule has 2 aliphatic carbocycles. The minimum atomic E-state index is 0.130. The lowest BCUT2D eigenvalue weighted by Gasteiger charge is -2.13. The fourth-order valence-electron chi connectivity index (χ4n) is 2.87. The second kappa shape index (κ2) is 5.74. The minimum absolute atomic E-state index is 0.130. The molecule has 19 heavy (non-hydrogen) atoms. The fourth-order valence-corrected chi connectivity index (χ4v) is 2.87. The van der Waals surface area contributed by atoms with E-state index >= 15 is 0 Å². The van der Waals surface area contributed by atoms with Crippen LogP contribution < -0.4 is 10.6 Å². The summed E-state index contributed by atoms with van der Waals surface area (Å²) in [6.45, 7) is 2.24. The summed E-state index contributed by atoms with van der Waals surface area (Å²) < 4.78 is 0. The highest BCUT2D eigenvalue weighted by atomic mass is 16.1. The molecular weight excluding hydrogens is 236 g/mol. The van der Waals surface area contributed by atoms with Crippen LogP contribution >= 0.6 is 0 Å². The number of hydrogen-bond donors (Lipinski definition) is 2. The molecule has 3 nitrogen and oxygen atoms in total. The first-order chi connectivity index (χ1) is 9.33. The molecule has 1 amide bonds. The third-order valence-corrected chi connectivity index (χ3v) is 4.22. The number of carbonyl (C=O) groups is 1. The van der Waals surface area contributed by atoms with Crippen molar-refractivity contribution in [2.75, 3.05) is 19.6 Å². The van der Waals surface area contributed by atoms with Gasteiger partial charge in [-0.1, -0.05) is 24.3 Å². The van der Waals surface area contributed by atoms with Crippen molar-refractivity contribution >= 4 is 5.91 Å². The van der Waals surface area contributed by atoms with Crippen LogP contribution in [0.5, 0.6) is 0 Å². The third kappa shape index (κ3) is 3.35. The lowest BCUT2D eigenvalue weighted by atomic mass is 10.0. The Morgan fingerprint density at radius 1 is 1.16 bits per heavy atom. The number of aryl methyl sites for hydroxylation is 1. The van der Waals surface area contributed by atoms with Crippen LogP contribution in [-0.4, -0.2) is 25.5 Å². The van der Waals surface area contributed by atoms with Gasteiger partial charge < -0.3 is 10.6 Å². The first-order valence-electron chi connectivity index (χ1n) is 7.38. The molecule has 1 aromatic rings. The molecule has 102 valence electrons. The number of rotatable bonds is 6. The standard InChI is InChI=1S/C16H22N2O/c19-16(11-17-9-12-5-6-12)18-10-14-8-7-13-3-1-2-4-15(13)14/h1-4,12,14,17H,5-11H2,(H,18,19). The summed E-state index contributed by atoms with van der Waals surface area (Å²) in [7, 11) is 0. The molecule has 0 bridgehead atoms. The highest BCUT2D eigenvalue weighted by molar-refractivity contribution is 5.78. The van der Waals surface area contributed by atoms with Crippen LogP contribution in [0.25, 0.3) is 0 Å². The quantitative estimate of drug-likeness (QED) is 0.817. The van der Waals surface area contributed by atoms with Gasteiger partial charge in [-0.25, -0.2) is 0 Å². The number of nitrogens with one attached hydrogen (secondary N) is 2. The average molecular weight is 258 g/mol. The van der Waals surface area contributed by atoms with Gasteiger partial charge in [0.15, 0.2) is 0 Å². The maximum Gasteiger partial charge on any atom is 0.233 e. The molecular formula is C16H22N2O. The molecule has 1 saturated carbocycles. The predicted molar refractivity (Wildman–Crippen MR) is 76.1 cm³/mol. The molecule has 0 radical (unpaired) electrons. The van der Waals surface area contributed by atoms with Crippen LogP contribution in [0.3, 0.4) is 0 Å². The Labute approximate surface area is 114 Å². The lowest BCUT2D eigenvalue weighted by molar-refractivity contribution is -0.120. The van der Waals surface area contributed by atoms with Crippen molar-refractivity contribution < 1.29 is 4.79 Å². The minimum Gasteiger partial charge on any atom is -0.354 e. The Balaban J connectivity index is 1.41. The van der Waals surface area contributed by atoms with E-state index in [2.05, 4.69) is 34.9 Å². The van der Waals surface area contributed by atoms with Crippen molar-refractivity contribution in [3.8, 4) is 0 Å². The maximum absolute atomic E-state index is 11.7. The summed E-state index contributed by atoms with van der Waals surface area (Å²) in [5, 5.41) is 6.29. The summed E-state index contributed by atoms with van der Waals surface area (Å²) in [6.07, 6.45) is 4.97. The Morgan fingerprint density at radius 3 is 2.84 bits per heavy atom. The summed E-state index contributed by atoms with van der Waals surface area (Å²) in [5.41, 5.74) is 2.88. The Morgan fingerprint density at radius 2 is 2.00 bits per heavy atom. The van der Waals surface area contributed by atoms with Crippen LogP contribution in [0.15, 0.2) is 24.3 Å². The van der Waals surface area contributed by atoms with Gasteiger partial charge in [0.2, 0.25) is 5.91 Å². The van der Waals surface area contributed by atoms with E-state index in [4.69, 9.17) is 0 Å². The van der Waals surface area contributed by atoms with Crippen LogP contribution in [-0.2, 0) is 11.2 Å². The molecule has 1 unspecified atom stereocenters. The largest absolute Gasteiger partial charge is 0.354 e. The summed E-state index contributed by atoms with van der Waals surface area (Å²) in [5.74, 6) is 1.46. The first kappa shape index (κ1) is 12.7. The molecule has 2 N–H and O–H groups in total. The van der Waals surface area contributed by atoms with Crippen molar-refractivity contribution in [1.82, 2.24) is 10.6 Å². The summed E-state index contributed by atoms with van der Waals surface area (Å²) in [4.78, 5) is 11.7. The summed E-state index contributed by atoms with van der Waals surface area (Å²) in [6, 6.07) is 8.59. The number of hydrogen-bond acceptors (Lipinski definition) is 2. The van der Waals surface area contributed by atoms with Crippen LogP contribution in [0.4, 0.5) is 0 Å². The zero-order valence-corrected chi connectivity index (χ0v) is 11.3. The van der Waals surface area contributed by atoms with E-state index in [-0.39, 0.29) is 5.91 Å². The molecule has 0 heterocycles. The van der Waals surface area contributed by atoms with Crippen LogP contribution in [0, 0.1) is 5.92 Å². The van der Waals surface area contributed by atoms with Gasteiger partial charge in [-0.3, -0.25) is 4.79 Å². The predicted octanol–water partition coefficient (Wildman–Crippen LogP) is 1.83. The molecule has 1 aromatic carbocycles. The molecule has 0 saturated heterocycles. The maximum atomic E-state index is 11.7. The van der Waals surface area contributed by atoms with E-state index in [0.717, 1.165) is 31.8 Å². The summed E-state index contributed by atoms with van der Waals surface area (Å²) >= 11 is 0. The Bertz CT molecular complexity index is 454. The van der Waals surface area contributed by atoms with Gasteiger partial charge in [-0.05, 0) is 49.3 Å². The van der Waals surface area contributed by atoms with E-state index in [1.807, 2.05) is 0 Å². The Hall–Kier alpha value is -1.35. The third-order valence-electron chi connectivity index (χ3n) is 4.22. The van der Waals surface area contributed by atoms with Gasteiger partial charge >= 0.3 is 0 Å². The van der Waals surface area contributed by atoms with Crippen molar-refractivity contribution in [2.24, 2.45) is 5.92 Å². The molecule has 0 aliphatic heterocycles. The molecule has 3 rings (SSSR count). The van der Waals surface area contributed by atoms with Crippen molar-refractivity contribution in [1.29, 1.82) is 0 Å². The Kier molecular flexibility index (Phi) is 3.83. The zero-order chi connectivity index (χ0) is 13.1. The van der Waals surface area contributed by atoms with E-state index in [1.165, 1.54) is 24.0 Å². The molecule has 0 aromatic heterocycles. The van der Waals surface area contributed by atoms with E-state index in [1.54, 1.807) is 0 Å². The van der Waals surface area contributed by atoms with E-state index in [9.17, 15) is 4.79 Å². The topological polar surface area (TPSA) is 41.1 Å². The normalized spacial score (nSPS) is 21.2. The molecule has 3 heteroatoms. The number of benzene rings is 1. The second-order valence-electron chi connectivity index (χ2n) is 5.81. The van der Waals surface area contributed by atoms with Gasteiger partial charge in [0.1, 0.15) is 0 Å². The van der Waals surface area contributed by atoms with Gasteiger partial charge in [-0.15, -0.1) is 0 Å². The van der Waals surface area contributed by atoms with Crippen molar-refractivity contribution in [2.45, 2.75) is 31.6 Å². The number of fused-ring (bicyclic) bond motifs is 1. The smallest absolute Gasteiger partial charge is 0.233 e. The number of amides is 1. The highest BCUT2D eigenvalue weighted by Crippen LogP contribution is 2.32. The molecule has 1 atom stereocenters. The number of carbonyl (C=O) groups excluding carboxylic acids is 1. The zero-order valence-electron chi connectivity index (χ0n) is 11.3. The first-order valence-corrected chi connectivity index (χ1v) is 7.38. The molecule has 2 aliphatic rings. The SMILES string of the molecule is O=C(CNCC1CC1)NCC1CCc2ccccc21. The monoisotopic (exact) mass is 258 g/mol. The van der Waals surface area contributed by atoms with Gasteiger partial charge in [0, 0.05) is 12.5 Å². The van der Waals surface area contributed by atoms with E-state index in [0.29, 0.717) is 12.5 Å². The van der Waals surface area contributed by atoms with Gasteiger partial charge in [-0.2, -0.15) is 0 Å². The van der Waals surface area contributed by atoms with Gasteiger partial charge in [0.05, 0.1) is 6.54 Å². The van der Waals surface area contributed by atoms with Crippen molar-refractivity contribution in [3.63, 3.8) is 0 Å². The fraction of sp³-hybridized carbons (Fsp3) is 0.562.